The van der Waals surface area contributed by atoms with Crippen molar-refractivity contribution in [3.63, 3.8) is 0 Å². The van der Waals surface area contributed by atoms with E-state index in [4.69, 9.17) is 42.6 Å². The zero-order chi connectivity index (χ0) is 33.8. The average Bonchev–Trinajstić information content (AvgIpc) is 3.03. The first kappa shape index (κ1) is 41.6. The Morgan fingerprint density at radius 1 is 0.511 bits per heavy atom. The molecule has 0 aromatic heterocycles. The molecule has 0 unspecified atom stereocenters. The van der Waals surface area contributed by atoms with Gasteiger partial charge in [-0.1, -0.05) is 44.9 Å². The van der Waals surface area contributed by atoms with Crippen LogP contribution in [-0.2, 0) is 57.0 Å². The van der Waals surface area contributed by atoms with Gasteiger partial charge in [-0.15, -0.1) is 19.7 Å². The van der Waals surface area contributed by atoms with E-state index in [2.05, 4.69) is 39.5 Å². The highest BCUT2D eigenvalue weighted by atomic mass is 16.6. The van der Waals surface area contributed by atoms with Crippen LogP contribution in [0.3, 0.4) is 0 Å². The zero-order valence-corrected chi connectivity index (χ0v) is 26.7. The van der Waals surface area contributed by atoms with Gasteiger partial charge in [-0.2, -0.15) is 0 Å². The van der Waals surface area contributed by atoms with Crippen LogP contribution in [0.5, 0.6) is 0 Å². The van der Waals surface area contributed by atoms with Crippen molar-refractivity contribution in [3.05, 3.63) is 74.4 Å². The minimum absolute atomic E-state index is 0.00746. The lowest BCUT2D eigenvalue weighted by Gasteiger charge is -2.32. The number of hydrogen-bond acceptors (Lipinski definition) is 12. The molecule has 0 fully saturated rings. The summed E-state index contributed by atoms with van der Waals surface area (Å²) in [6.07, 6.45) is 5.30. The molecule has 0 aromatic rings. The second-order valence-corrected chi connectivity index (χ2v) is 9.64. The van der Waals surface area contributed by atoms with E-state index in [-0.39, 0.29) is 96.0 Å². The number of rotatable bonds is 31. The Kier molecular flexibility index (Phi) is 24.9. The molecule has 0 aromatic carbocycles. The molecular formula is C33H50O12. The fourth-order valence-electron chi connectivity index (χ4n) is 3.16. The Morgan fingerprint density at radius 3 is 1.04 bits per heavy atom. The monoisotopic (exact) mass is 638 g/mol. The summed E-state index contributed by atoms with van der Waals surface area (Å²) in [5.41, 5.74) is -0.0548. The standard InChI is InChI=1S/C33H50O12/c1-8-12-37-21-27(5)30(34)43-18-15-40-24-33(11-4,25-41-16-19-44-31(35)28(6)22-38-13-9-2)26-42-17-20-45-32(36)29(7)23-39-14-10-3/h8-10H,1-3,5-7,11-26H2,4H3. The van der Waals surface area contributed by atoms with Crippen LogP contribution in [0.2, 0.25) is 0 Å². The third-order valence-electron chi connectivity index (χ3n) is 5.76. The predicted molar refractivity (Wildman–Crippen MR) is 169 cm³/mol. The number of hydrogen-bond donors (Lipinski definition) is 0. The van der Waals surface area contributed by atoms with E-state index in [1.165, 1.54) is 0 Å². The Labute approximate surface area is 267 Å². The molecule has 0 amide bonds. The van der Waals surface area contributed by atoms with Gasteiger partial charge in [-0.25, -0.2) is 14.4 Å². The normalized spacial score (nSPS) is 10.9. The van der Waals surface area contributed by atoms with Gasteiger partial charge >= 0.3 is 17.9 Å². The molecule has 0 rings (SSSR count). The maximum Gasteiger partial charge on any atom is 0.335 e. The Bertz CT molecular complexity index is 838. The molecule has 0 radical (unpaired) electrons. The quantitative estimate of drug-likeness (QED) is 0.0362. The highest BCUT2D eigenvalue weighted by Gasteiger charge is 2.30. The lowest BCUT2D eigenvalue weighted by molar-refractivity contribution is -0.143. The SMILES string of the molecule is C=CCOCC(=C)C(=O)OCCOCC(CC)(COCCOC(=O)C(=C)COCC=C)COCCOC(=O)C(=C)COCC=C. The van der Waals surface area contributed by atoms with Crippen LogP contribution in [0.1, 0.15) is 13.3 Å². The third-order valence-corrected chi connectivity index (χ3v) is 5.76. The van der Waals surface area contributed by atoms with Gasteiger partial charge in [0.05, 0.1) is 96.0 Å². The fraction of sp³-hybridized carbons (Fsp3) is 0.545. The first-order valence-electron chi connectivity index (χ1n) is 14.5. The van der Waals surface area contributed by atoms with Crippen molar-refractivity contribution in [1.29, 1.82) is 0 Å². The Morgan fingerprint density at radius 2 is 0.800 bits per heavy atom. The summed E-state index contributed by atoms with van der Waals surface area (Å²) in [6.45, 7) is 25.5. The second kappa shape index (κ2) is 27.0. The first-order valence-corrected chi connectivity index (χ1v) is 14.5. The molecule has 0 aliphatic rings. The van der Waals surface area contributed by atoms with E-state index in [0.717, 1.165) is 0 Å². The number of carbonyl (C=O) groups excluding carboxylic acids is 3. The molecule has 0 spiro atoms. The van der Waals surface area contributed by atoms with Crippen molar-refractivity contribution in [2.45, 2.75) is 13.3 Å². The van der Waals surface area contributed by atoms with E-state index in [1.807, 2.05) is 6.92 Å². The Balaban J connectivity index is 4.83. The molecule has 45 heavy (non-hydrogen) atoms. The summed E-state index contributed by atoms with van der Waals surface area (Å²) in [4.78, 5) is 36.1. The van der Waals surface area contributed by atoms with Crippen molar-refractivity contribution in [2.24, 2.45) is 5.41 Å². The molecular weight excluding hydrogens is 588 g/mol. The van der Waals surface area contributed by atoms with Gasteiger partial charge in [0.25, 0.3) is 0 Å². The molecule has 12 heteroatoms. The van der Waals surface area contributed by atoms with Gasteiger partial charge < -0.3 is 42.6 Å². The smallest absolute Gasteiger partial charge is 0.335 e. The van der Waals surface area contributed by atoms with Crippen molar-refractivity contribution in [1.82, 2.24) is 0 Å². The van der Waals surface area contributed by atoms with Crippen molar-refractivity contribution in [3.8, 4) is 0 Å². The summed E-state index contributed by atoms with van der Waals surface area (Å²) in [7, 11) is 0. The van der Waals surface area contributed by atoms with Gasteiger partial charge in [0.15, 0.2) is 0 Å². The van der Waals surface area contributed by atoms with E-state index in [1.54, 1.807) is 18.2 Å². The maximum atomic E-state index is 12.0. The van der Waals surface area contributed by atoms with Crippen LogP contribution in [0, 0.1) is 5.41 Å². The fourth-order valence-corrected chi connectivity index (χ4v) is 3.16. The molecule has 0 saturated carbocycles. The molecule has 0 saturated heterocycles. The topological polar surface area (TPSA) is 134 Å². The molecule has 0 N–H and O–H groups in total. The van der Waals surface area contributed by atoms with Gasteiger partial charge in [0.2, 0.25) is 0 Å². The number of carbonyl (C=O) groups is 3. The van der Waals surface area contributed by atoms with Gasteiger partial charge in [0, 0.05) is 5.41 Å². The summed E-state index contributed by atoms with van der Waals surface area (Å²) >= 11 is 0. The highest BCUT2D eigenvalue weighted by molar-refractivity contribution is 5.88. The molecule has 0 bridgehead atoms. The molecule has 0 heterocycles. The van der Waals surface area contributed by atoms with Crippen LogP contribution in [0.4, 0.5) is 0 Å². The second-order valence-electron chi connectivity index (χ2n) is 9.64. The van der Waals surface area contributed by atoms with Gasteiger partial charge in [-0.05, 0) is 6.42 Å². The maximum absolute atomic E-state index is 12.0. The minimum Gasteiger partial charge on any atom is -0.460 e. The van der Waals surface area contributed by atoms with E-state index in [9.17, 15) is 14.4 Å². The number of esters is 3. The Hall–Kier alpha value is -3.39. The first-order chi connectivity index (χ1) is 21.7. The average molecular weight is 639 g/mol. The molecule has 12 nitrogen and oxygen atoms in total. The van der Waals surface area contributed by atoms with Crippen LogP contribution < -0.4 is 0 Å². The molecule has 254 valence electrons. The summed E-state index contributed by atoms with van der Waals surface area (Å²) < 4.78 is 48.6. The van der Waals surface area contributed by atoms with Crippen molar-refractivity contribution >= 4 is 17.9 Å². The lowest BCUT2D eigenvalue weighted by atomic mass is 9.88. The van der Waals surface area contributed by atoms with Crippen LogP contribution >= 0.6 is 0 Å². The minimum atomic E-state index is -0.607. The van der Waals surface area contributed by atoms with Gasteiger partial charge in [0.1, 0.15) is 19.8 Å². The highest BCUT2D eigenvalue weighted by Crippen LogP contribution is 2.24. The summed E-state index contributed by atoms with van der Waals surface area (Å²) in [5, 5.41) is 0. The molecule has 0 aliphatic carbocycles. The third kappa shape index (κ3) is 21.1. The van der Waals surface area contributed by atoms with E-state index in [0.29, 0.717) is 26.2 Å². The molecule has 0 aliphatic heterocycles. The van der Waals surface area contributed by atoms with Crippen LogP contribution in [-0.4, -0.2) is 117 Å². The molecule has 0 atom stereocenters. The zero-order valence-electron chi connectivity index (χ0n) is 26.7. The van der Waals surface area contributed by atoms with Crippen molar-refractivity contribution in [2.75, 3.05) is 99.1 Å². The van der Waals surface area contributed by atoms with E-state index < -0.39 is 23.3 Å². The predicted octanol–water partition coefficient (Wildman–Crippen LogP) is 3.34. The van der Waals surface area contributed by atoms with Crippen molar-refractivity contribution < 1.29 is 57.0 Å². The lowest BCUT2D eigenvalue weighted by Crippen LogP contribution is -2.38. The number of ether oxygens (including phenoxy) is 9. The largest absolute Gasteiger partial charge is 0.460 e. The summed E-state index contributed by atoms with van der Waals surface area (Å²) in [5.74, 6) is -1.74. The van der Waals surface area contributed by atoms with Crippen LogP contribution in [0.25, 0.3) is 0 Å². The van der Waals surface area contributed by atoms with Gasteiger partial charge in [-0.3, -0.25) is 0 Å². The van der Waals surface area contributed by atoms with E-state index >= 15 is 0 Å². The summed E-state index contributed by atoms with van der Waals surface area (Å²) in [6, 6.07) is 0. The van der Waals surface area contributed by atoms with Crippen LogP contribution in [0.15, 0.2) is 74.4 Å².